The molecule has 0 aliphatic heterocycles. The molecule has 2 nitrogen and oxygen atoms in total. The molecule has 13 heavy (non-hydrogen) atoms. The summed E-state index contributed by atoms with van der Waals surface area (Å²) >= 11 is 0. The second-order valence-corrected chi connectivity index (χ2v) is 3.03. The summed E-state index contributed by atoms with van der Waals surface area (Å²) in [6, 6.07) is 2.04. The van der Waals surface area contributed by atoms with Gasteiger partial charge in [-0.15, -0.1) is 0 Å². The summed E-state index contributed by atoms with van der Waals surface area (Å²) in [6.45, 7) is 2.01. The van der Waals surface area contributed by atoms with E-state index in [-0.39, 0.29) is 11.5 Å². The molecule has 0 radical (unpaired) electrons. The molecule has 0 fully saturated rings. The Morgan fingerprint density at radius 2 is 1.77 bits per heavy atom. The van der Waals surface area contributed by atoms with Crippen molar-refractivity contribution in [2.75, 3.05) is 0 Å². The van der Waals surface area contributed by atoms with Gasteiger partial charge in [0.1, 0.15) is 17.3 Å². The van der Waals surface area contributed by atoms with Crippen LogP contribution in [0.15, 0.2) is 12.1 Å². The topological polar surface area (TPSA) is 40.5 Å². The molecule has 0 saturated heterocycles. The Morgan fingerprint density at radius 3 is 2.23 bits per heavy atom. The van der Waals surface area contributed by atoms with Gasteiger partial charge >= 0.3 is 0 Å². The van der Waals surface area contributed by atoms with Crippen molar-refractivity contribution in [2.45, 2.75) is 26.2 Å². The van der Waals surface area contributed by atoms with Crippen molar-refractivity contribution in [1.82, 2.24) is 0 Å². The van der Waals surface area contributed by atoms with Crippen molar-refractivity contribution in [2.24, 2.45) is 0 Å². The van der Waals surface area contributed by atoms with Crippen molar-refractivity contribution in [1.29, 1.82) is 0 Å². The minimum Gasteiger partial charge on any atom is -0.507 e. The summed E-state index contributed by atoms with van der Waals surface area (Å²) in [5.41, 5.74) is 0.434. The summed E-state index contributed by atoms with van der Waals surface area (Å²) in [5.74, 6) is -0.938. The van der Waals surface area contributed by atoms with E-state index in [2.05, 4.69) is 0 Å². The van der Waals surface area contributed by atoms with Gasteiger partial charge in [0.15, 0.2) is 0 Å². The average molecular weight is 184 g/mol. The van der Waals surface area contributed by atoms with E-state index < -0.39 is 5.82 Å². The summed E-state index contributed by atoms with van der Waals surface area (Å²) in [5, 5.41) is 18.6. The minimum absolute atomic E-state index is 0.161. The molecule has 0 atom stereocenters. The van der Waals surface area contributed by atoms with Gasteiger partial charge in [-0.2, -0.15) is 0 Å². The van der Waals surface area contributed by atoms with Crippen LogP contribution in [-0.2, 0) is 6.42 Å². The van der Waals surface area contributed by atoms with E-state index in [1.54, 1.807) is 0 Å². The van der Waals surface area contributed by atoms with E-state index in [1.165, 1.54) is 0 Å². The Labute approximate surface area is 76.6 Å². The van der Waals surface area contributed by atoms with Crippen LogP contribution >= 0.6 is 0 Å². The molecule has 0 heterocycles. The van der Waals surface area contributed by atoms with E-state index in [0.717, 1.165) is 25.0 Å². The summed E-state index contributed by atoms with van der Waals surface area (Å²) in [7, 11) is 0. The van der Waals surface area contributed by atoms with Crippen LogP contribution in [0.3, 0.4) is 0 Å². The largest absolute Gasteiger partial charge is 0.507 e. The maximum absolute atomic E-state index is 12.6. The Balaban J connectivity index is 2.92. The lowest BCUT2D eigenvalue weighted by Gasteiger charge is -2.06. The van der Waals surface area contributed by atoms with Crippen LogP contribution in [0, 0.1) is 5.82 Å². The van der Waals surface area contributed by atoms with Gasteiger partial charge in [-0.1, -0.05) is 13.3 Å². The maximum atomic E-state index is 12.6. The zero-order valence-electron chi connectivity index (χ0n) is 7.55. The number of hydrogen-bond acceptors (Lipinski definition) is 2. The van der Waals surface area contributed by atoms with Gasteiger partial charge in [-0.25, -0.2) is 4.39 Å². The second-order valence-electron chi connectivity index (χ2n) is 3.03. The van der Waals surface area contributed by atoms with Crippen LogP contribution in [0.2, 0.25) is 0 Å². The lowest BCUT2D eigenvalue weighted by Crippen LogP contribution is -1.88. The highest BCUT2D eigenvalue weighted by Crippen LogP contribution is 2.29. The van der Waals surface area contributed by atoms with E-state index >= 15 is 0 Å². The molecule has 0 bridgehead atoms. The molecule has 3 heteroatoms. The van der Waals surface area contributed by atoms with Gasteiger partial charge in [0.25, 0.3) is 0 Å². The zero-order valence-corrected chi connectivity index (χ0v) is 7.55. The van der Waals surface area contributed by atoms with Crippen molar-refractivity contribution in [3.8, 4) is 11.5 Å². The van der Waals surface area contributed by atoms with Gasteiger partial charge in [0.2, 0.25) is 0 Å². The molecule has 2 N–H and O–H groups in total. The van der Waals surface area contributed by atoms with E-state index in [4.69, 9.17) is 0 Å². The molecule has 0 unspecified atom stereocenters. The monoisotopic (exact) mass is 184 g/mol. The third-order valence-electron chi connectivity index (χ3n) is 1.95. The Morgan fingerprint density at radius 1 is 1.23 bits per heavy atom. The number of rotatable bonds is 3. The molecule has 0 aliphatic rings. The van der Waals surface area contributed by atoms with Gasteiger partial charge in [-0.3, -0.25) is 0 Å². The number of phenolic OH excluding ortho intramolecular Hbond substituents is 2. The Kier molecular flexibility index (Phi) is 3.12. The fourth-order valence-corrected chi connectivity index (χ4v) is 1.22. The SMILES string of the molecule is CCCCc1c(O)cc(F)cc1O. The Hall–Kier alpha value is -1.25. The highest BCUT2D eigenvalue weighted by Gasteiger charge is 2.08. The fourth-order valence-electron chi connectivity index (χ4n) is 1.22. The zero-order chi connectivity index (χ0) is 9.84. The minimum atomic E-state index is -0.616. The molecular weight excluding hydrogens is 171 g/mol. The third-order valence-corrected chi connectivity index (χ3v) is 1.95. The van der Waals surface area contributed by atoms with E-state index in [9.17, 15) is 14.6 Å². The number of aromatic hydroxyl groups is 2. The fraction of sp³-hybridized carbons (Fsp3) is 0.400. The first-order valence-corrected chi connectivity index (χ1v) is 4.35. The lowest BCUT2D eigenvalue weighted by atomic mass is 10.1. The molecule has 0 spiro atoms. The lowest BCUT2D eigenvalue weighted by molar-refractivity contribution is 0.428. The van der Waals surface area contributed by atoms with E-state index in [1.807, 2.05) is 6.92 Å². The van der Waals surface area contributed by atoms with Crippen molar-refractivity contribution in [3.63, 3.8) is 0 Å². The van der Waals surface area contributed by atoms with E-state index in [0.29, 0.717) is 12.0 Å². The smallest absolute Gasteiger partial charge is 0.130 e. The average Bonchev–Trinajstić information content (AvgIpc) is 2.02. The second kappa shape index (κ2) is 4.12. The van der Waals surface area contributed by atoms with Gasteiger partial charge in [-0.05, 0) is 12.8 Å². The number of benzene rings is 1. The molecule has 0 aromatic heterocycles. The van der Waals surface area contributed by atoms with Crippen LogP contribution in [0.4, 0.5) is 4.39 Å². The van der Waals surface area contributed by atoms with Crippen molar-refractivity contribution < 1.29 is 14.6 Å². The number of unbranched alkanes of at least 4 members (excludes halogenated alkanes) is 1. The molecular formula is C10H13FO2. The maximum Gasteiger partial charge on any atom is 0.130 e. The van der Waals surface area contributed by atoms with Crippen molar-refractivity contribution in [3.05, 3.63) is 23.5 Å². The van der Waals surface area contributed by atoms with Gasteiger partial charge in [0.05, 0.1) is 0 Å². The quantitative estimate of drug-likeness (QED) is 0.758. The number of halogens is 1. The predicted molar refractivity (Wildman–Crippen MR) is 48.3 cm³/mol. The number of hydrogen-bond donors (Lipinski definition) is 2. The molecule has 0 saturated carbocycles. The van der Waals surface area contributed by atoms with Crippen molar-refractivity contribution >= 4 is 0 Å². The van der Waals surface area contributed by atoms with Crippen LogP contribution in [0.5, 0.6) is 11.5 Å². The molecule has 1 aromatic carbocycles. The Bertz CT molecular complexity index is 274. The van der Waals surface area contributed by atoms with Gasteiger partial charge < -0.3 is 10.2 Å². The van der Waals surface area contributed by atoms with Crippen LogP contribution in [-0.4, -0.2) is 10.2 Å². The first-order valence-electron chi connectivity index (χ1n) is 4.35. The predicted octanol–water partition coefficient (Wildman–Crippen LogP) is 2.58. The molecule has 1 rings (SSSR count). The normalized spacial score (nSPS) is 10.3. The summed E-state index contributed by atoms with van der Waals surface area (Å²) < 4.78 is 12.6. The standard InChI is InChI=1S/C10H13FO2/c1-2-3-4-8-9(12)5-7(11)6-10(8)13/h5-6,12-13H,2-4H2,1H3. The first kappa shape index (κ1) is 9.84. The molecule has 72 valence electrons. The van der Waals surface area contributed by atoms with Crippen LogP contribution in [0.25, 0.3) is 0 Å². The molecule has 0 aliphatic carbocycles. The molecule has 0 amide bonds. The highest BCUT2D eigenvalue weighted by atomic mass is 19.1. The summed E-state index contributed by atoms with van der Waals surface area (Å²) in [6.07, 6.45) is 2.41. The van der Waals surface area contributed by atoms with Gasteiger partial charge in [0, 0.05) is 17.7 Å². The third kappa shape index (κ3) is 2.34. The summed E-state index contributed by atoms with van der Waals surface area (Å²) in [4.78, 5) is 0. The highest BCUT2D eigenvalue weighted by molar-refractivity contribution is 5.43. The number of phenols is 2. The van der Waals surface area contributed by atoms with Crippen LogP contribution in [0.1, 0.15) is 25.3 Å². The first-order chi connectivity index (χ1) is 6.15. The van der Waals surface area contributed by atoms with Crippen LogP contribution < -0.4 is 0 Å². The molecule has 1 aromatic rings.